The first-order valence-electron chi connectivity index (χ1n) is 9.21. The lowest BCUT2D eigenvalue weighted by Gasteiger charge is -2.12. The van der Waals surface area contributed by atoms with Gasteiger partial charge in [-0.15, -0.1) is 0 Å². The van der Waals surface area contributed by atoms with Crippen LogP contribution in [-0.4, -0.2) is 22.7 Å². The zero-order valence-corrected chi connectivity index (χ0v) is 15.5. The lowest BCUT2D eigenvalue weighted by molar-refractivity contribution is -0.122. The number of nitrogens with one attached hydrogen (secondary N) is 2. The molecule has 4 rings (SSSR count). The summed E-state index contributed by atoms with van der Waals surface area (Å²) in [4.78, 5) is 31.7. The Morgan fingerprint density at radius 1 is 1.21 bits per heavy atom. The number of nitrogens with zero attached hydrogens (tertiary/aromatic N) is 1. The highest BCUT2D eigenvalue weighted by Gasteiger charge is 2.15. The fourth-order valence-electron chi connectivity index (χ4n) is 3.27. The van der Waals surface area contributed by atoms with Crippen molar-refractivity contribution >= 4 is 16.8 Å². The maximum Gasteiger partial charge on any atom is 0.258 e. The van der Waals surface area contributed by atoms with Crippen LogP contribution in [0.5, 0.6) is 11.5 Å². The van der Waals surface area contributed by atoms with E-state index in [0.29, 0.717) is 41.9 Å². The average molecular weight is 379 g/mol. The number of amides is 1. The van der Waals surface area contributed by atoms with E-state index in [1.165, 1.54) is 0 Å². The van der Waals surface area contributed by atoms with Gasteiger partial charge in [0.15, 0.2) is 11.5 Å². The molecule has 1 aromatic heterocycles. The summed E-state index contributed by atoms with van der Waals surface area (Å²) in [6, 6.07) is 12.8. The molecular weight excluding hydrogens is 358 g/mol. The predicted octanol–water partition coefficient (Wildman–Crippen LogP) is 2.54. The SMILES string of the molecule is CC(CC(=O)NCc1ccc2c(c1)OCO2)Cc1nc2ccccc2c(=O)[nH]1. The Balaban J connectivity index is 1.33. The number of ether oxygens (including phenoxy) is 2. The number of aromatic amines is 1. The van der Waals surface area contributed by atoms with Crippen molar-refractivity contribution in [1.82, 2.24) is 15.3 Å². The molecule has 7 nitrogen and oxygen atoms in total. The molecule has 0 radical (unpaired) electrons. The number of para-hydroxylation sites is 1. The Labute approximate surface area is 161 Å². The van der Waals surface area contributed by atoms with Crippen molar-refractivity contribution in [2.24, 2.45) is 5.92 Å². The van der Waals surface area contributed by atoms with E-state index in [1.54, 1.807) is 6.07 Å². The Hall–Kier alpha value is -3.35. The van der Waals surface area contributed by atoms with Gasteiger partial charge in [-0.25, -0.2) is 4.98 Å². The van der Waals surface area contributed by atoms with Crippen molar-refractivity contribution < 1.29 is 14.3 Å². The van der Waals surface area contributed by atoms with Crippen LogP contribution in [0.2, 0.25) is 0 Å². The van der Waals surface area contributed by atoms with Crippen LogP contribution in [0.3, 0.4) is 0 Å². The zero-order chi connectivity index (χ0) is 19.5. The van der Waals surface area contributed by atoms with Gasteiger partial charge in [0.2, 0.25) is 12.7 Å². The smallest absolute Gasteiger partial charge is 0.258 e. The quantitative estimate of drug-likeness (QED) is 0.687. The molecule has 1 aliphatic heterocycles. The van der Waals surface area contributed by atoms with Crippen LogP contribution >= 0.6 is 0 Å². The van der Waals surface area contributed by atoms with Crippen molar-refractivity contribution in [2.75, 3.05) is 6.79 Å². The second-order valence-corrected chi connectivity index (χ2v) is 7.01. The third kappa shape index (κ3) is 3.98. The molecule has 0 aliphatic carbocycles. The van der Waals surface area contributed by atoms with E-state index in [2.05, 4.69) is 15.3 Å². The standard InChI is InChI=1S/C21H21N3O4/c1-13(8-19-23-16-5-3-2-4-15(16)21(26)24-19)9-20(25)22-11-14-6-7-17-18(10-14)28-12-27-17/h2-7,10,13H,8-9,11-12H2,1H3,(H,22,25)(H,23,24,26). The van der Waals surface area contributed by atoms with Crippen LogP contribution in [0.15, 0.2) is 47.3 Å². The third-order valence-electron chi connectivity index (χ3n) is 4.66. The molecule has 0 bridgehead atoms. The van der Waals surface area contributed by atoms with Gasteiger partial charge in [-0.2, -0.15) is 0 Å². The van der Waals surface area contributed by atoms with Crippen LogP contribution in [0, 0.1) is 5.92 Å². The van der Waals surface area contributed by atoms with Crippen LogP contribution in [0.1, 0.15) is 24.7 Å². The molecule has 2 heterocycles. The summed E-state index contributed by atoms with van der Waals surface area (Å²) >= 11 is 0. The van der Waals surface area contributed by atoms with Crippen molar-refractivity contribution in [2.45, 2.75) is 26.3 Å². The number of benzene rings is 2. The minimum absolute atomic E-state index is 0.0427. The van der Waals surface area contributed by atoms with E-state index >= 15 is 0 Å². The Morgan fingerprint density at radius 2 is 2.04 bits per heavy atom. The summed E-state index contributed by atoms with van der Waals surface area (Å²) in [5, 5.41) is 3.49. The third-order valence-corrected chi connectivity index (χ3v) is 4.66. The predicted molar refractivity (Wildman–Crippen MR) is 104 cm³/mol. The Morgan fingerprint density at radius 3 is 2.93 bits per heavy atom. The van der Waals surface area contributed by atoms with Crippen LogP contribution in [0.25, 0.3) is 10.9 Å². The van der Waals surface area contributed by atoms with E-state index < -0.39 is 0 Å². The first kappa shape index (κ1) is 18.0. The molecule has 28 heavy (non-hydrogen) atoms. The van der Waals surface area contributed by atoms with Crippen molar-refractivity contribution in [3.63, 3.8) is 0 Å². The van der Waals surface area contributed by atoms with E-state index in [4.69, 9.17) is 9.47 Å². The number of carbonyl (C=O) groups excluding carboxylic acids is 1. The topological polar surface area (TPSA) is 93.3 Å². The monoisotopic (exact) mass is 379 g/mol. The number of aromatic nitrogens is 2. The van der Waals surface area contributed by atoms with Crippen molar-refractivity contribution in [3.05, 3.63) is 64.2 Å². The summed E-state index contributed by atoms with van der Waals surface area (Å²) in [6.07, 6.45) is 0.874. The molecular formula is C21H21N3O4. The fourth-order valence-corrected chi connectivity index (χ4v) is 3.27. The fraction of sp³-hybridized carbons (Fsp3) is 0.286. The van der Waals surface area contributed by atoms with Gasteiger partial charge in [0.25, 0.3) is 5.56 Å². The summed E-state index contributed by atoms with van der Waals surface area (Å²) < 4.78 is 10.6. The molecule has 0 fully saturated rings. The van der Waals surface area contributed by atoms with Gasteiger partial charge in [0.1, 0.15) is 5.82 Å². The molecule has 0 saturated heterocycles. The molecule has 2 N–H and O–H groups in total. The maximum atomic E-state index is 12.3. The number of H-pyrrole nitrogens is 1. The van der Waals surface area contributed by atoms with E-state index in [9.17, 15) is 9.59 Å². The van der Waals surface area contributed by atoms with Crippen molar-refractivity contribution in [1.29, 1.82) is 0 Å². The van der Waals surface area contributed by atoms with Gasteiger partial charge < -0.3 is 19.8 Å². The molecule has 7 heteroatoms. The Kier molecular flexibility index (Phi) is 4.97. The number of carbonyl (C=O) groups is 1. The van der Waals surface area contributed by atoms with E-state index in [0.717, 1.165) is 11.3 Å². The molecule has 1 amide bonds. The molecule has 3 aromatic rings. The lowest BCUT2D eigenvalue weighted by atomic mass is 10.0. The lowest BCUT2D eigenvalue weighted by Crippen LogP contribution is -2.25. The van der Waals surface area contributed by atoms with Gasteiger partial charge in [-0.1, -0.05) is 25.1 Å². The van der Waals surface area contributed by atoms with Gasteiger partial charge in [-0.05, 0) is 35.7 Å². The molecule has 144 valence electrons. The van der Waals surface area contributed by atoms with Gasteiger partial charge in [-0.3, -0.25) is 9.59 Å². The first-order chi connectivity index (χ1) is 13.6. The molecule has 1 unspecified atom stereocenters. The minimum Gasteiger partial charge on any atom is -0.454 e. The summed E-state index contributed by atoms with van der Waals surface area (Å²) in [5.41, 5.74) is 1.46. The number of hydrogen-bond acceptors (Lipinski definition) is 5. The van der Waals surface area contributed by atoms with Gasteiger partial charge >= 0.3 is 0 Å². The highest BCUT2D eigenvalue weighted by atomic mass is 16.7. The van der Waals surface area contributed by atoms with Crippen LogP contribution in [-0.2, 0) is 17.8 Å². The molecule has 0 spiro atoms. The number of rotatable bonds is 6. The molecule has 0 saturated carbocycles. The number of fused-ring (bicyclic) bond motifs is 2. The van der Waals surface area contributed by atoms with Gasteiger partial charge in [0, 0.05) is 19.4 Å². The molecule has 1 aliphatic rings. The molecule has 2 aromatic carbocycles. The Bertz CT molecular complexity index is 1080. The number of hydrogen-bond donors (Lipinski definition) is 2. The summed E-state index contributed by atoms with van der Waals surface area (Å²) in [7, 11) is 0. The second kappa shape index (κ2) is 7.72. The molecule has 1 atom stereocenters. The first-order valence-corrected chi connectivity index (χ1v) is 9.21. The van der Waals surface area contributed by atoms with E-state index in [1.807, 2.05) is 43.3 Å². The minimum atomic E-state index is -0.153. The largest absolute Gasteiger partial charge is 0.454 e. The zero-order valence-electron chi connectivity index (χ0n) is 15.5. The van der Waals surface area contributed by atoms with Gasteiger partial charge in [0.05, 0.1) is 10.9 Å². The maximum absolute atomic E-state index is 12.3. The van der Waals surface area contributed by atoms with Crippen molar-refractivity contribution in [3.8, 4) is 11.5 Å². The highest BCUT2D eigenvalue weighted by Crippen LogP contribution is 2.32. The van der Waals surface area contributed by atoms with E-state index in [-0.39, 0.29) is 24.2 Å². The summed E-state index contributed by atoms with van der Waals surface area (Å²) in [6.45, 7) is 2.62. The van der Waals surface area contributed by atoms with Crippen LogP contribution < -0.4 is 20.3 Å². The average Bonchev–Trinajstić information content (AvgIpc) is 3.14. The summed E-state index contributed by atoms with van der Waals surface area (Å²) in [5.74, 6) is 2.01. The van der Waals surface area contributed by atoms with Crippen LogP contribution in [0.4, 0.5) is 0 Å². The normalized spacial score (nSPS) is 13.5. The highest BCUT2D eigenvalue weighted by molar-refractivity contribution is 5.77. The second-order valence-electron chi connectivity index (χ2n) is 7.01.